The molecule has 0 unspecified atom stereocenters. The fraction of sp³-hybridized carbons (Fsp3) is 0.273. The first kappa shape index (κ1) is 14.0. The molecule has 0 heterocycles. The van der Waals surface area contributed by atoms with Gasteiger partial charge in [-0.3, -0.25) is 15.5 Å². The Morgan fingerprint density at radius 3 is 2.94 bits per heavy atom. The number of nitrogens with one attached hydrogen (secondary N) is 1. The highest BCUT2D eigenvalue weighted by molar-refractivity contribution is 7.80. The fourth-order valence-corrected chi connectivity index (χ4v) is 1.62. The highest BCUT2D eigenvalue weighted by Crippen LogP contribution is 2.22. The Hall–Kier alpha value is -2.02. The smallest absolute Gasteiger partial charge is 0.273 e. The minimum absolute atomic E-state index is 0.0497. The lowest BCUT2D eigenvalue weighted by molar-refractivity contribution is -0.385. The van der Waals surface area contributed by atoms with Gasteiger partial charge in [-0.05, 0) is 18.6 Å². The molecule has 0 spiro atoms. The third kappa shape index (κ3) is 3.77. The van der Waals surface area contributed by atoms with Crippen LogP contribution in [-0.4, -0.2) is 16.3 Å². The predicted molar refractivity (Wildman–Crippen MR) is 74.6 cm³/mol. The SMILES string of the molecule is CCCc1c(C=NNC(N)=S)cccc1[N+](=O)[O-]. The van der Waals surface area contributed by atoms with E-state index in [-0.39, 0.29) is 15.7 Å². The minimum Gasteiger partial charge on any atom is -0.375 e. The van der Waals surface area contributed by atoms with Gasteiger partial charge in [0.05, 0.1) is 11.1 Å². The van der Waals surface area contributed by atoms with Crippen LogP contribution < -0.4 is 11.2 Å². The molecule has 0 aromatic heterocycles. The summed E-state index contributed by atoms with van der Waals surface area (Å²) in [6.45, 7) is 1.96. The van der Waals surface area contributed by atoms with Crippen molar-refractivity contribution in [2.75, 3.05) is 0 Å². The maximum atomic E-state index is 10.9. The lowest BCUT2D eigenvalue weighted by Crippen LogP contribution is -2.24. The zero-order valence-corrected chi connectivity index (χ0v) is 10.7. The van der Waals surface area contributed by atoms with Gasteiger partial charge in [0.1, 0.15) is 0 Å². The van der Waals surface area contributed by atoms with Gasteiger partial charge in [-0.1, -0.05) is 25.5 Å². The number of hydrogen-bond acceptors (Lipinski definition) is 4. The molecule has 0 atom stereocenters. The quantitative estimate of drug-likeness (QED) is 0.366. The van der Waals surface area contributed by atoms with Gasteiger partial charge in [-0.25, -0.2) is 0 Å². The standard InChI is InChI=1S/C11H14N4O2S/c1-2-4-9-8(7-13-14-11(12)18)5-3-6-10(9)15(16)17/h3,5-7H,2,4H2,1H3,(H3,12,14,18). The molecule has 0 aliphatic carbocycles. The van der Waals surface area contributed by atoms with E-state index < -0.39 is 0 Å². The number of nitro groups is 1. The molecule has 0 amide bonds. The van der Waals surface area contributed by atoms with Crippen LogP contribution in [0.15, 0.2) is 23.3 Å². The summed E-state index contributed by atoms with van der Waals surface area (Å²) >= 11 is 4.61. The molecule has 7 heteroatoms. The first-order valence-electron chi connectivity index (χ1n) is 5.41. The van der Waals surface area contributed by atoms with E-state index in [0.717, 1.165) is 6.42 Å². The number of nitrogens with two attached hydrogens (primary N) is 1. The molecule has 18 heavy (non-hydrogen) atoms. The Balaban J connectivity index is 3.09. The monoisotopic (exact) mass is 266 g/mol. The van der Waals surface area contributed by atoms with E-state index in [0.29, 0.717) is 17.5 Å². The topological polar surface area (TPSA) is 93.5 Å². The molecule has 96 valence electrons. The van der Waals surface area contributed by atoms with Crippen molar-refractivity contribution in [1.82, 2.24) is 5.43 Å². The largest absolute Gasteiger partial charge is 0.375 e. The average molecular weight is 266 g/mol. The summed E-state index contributed by atoms with van der Waals surface area (Å²) < 4.78 is 0. The van der Waals surface area contributed by atoms with Crippen LogP contribution in [-0.2, 0) is 6.42 Å². The molecule has 0 bridgehead atoms. The van der Waals surface area contributed by atoms with Gasteiger partial charge in [0.15, 0.2) is 5.11 Å². The van der Waals surface area contributed by atoms with E-state index in [2.05, 4.69) is 22.7 Å². The summed E-state index contributed by atoms with van der Waals surface area (Å²) in [6.07, 6.45) is 2.91. The lowest BCUT2D eigenvalue weighted by Gasteiger charge is -2.05. The molecule has 0 saturated carbocycles. The normalized spacial score (nSPS) is 10.5. The number of rotatable bonds is 5. The first-order chi connectivity index (χ1) is 8.56. The molecule has 1 rings (SSSR count). The third-order valence-electron chi connectivity index (χ3n) is 2.26. The van der Waals surface area contributed by atoms with Crippen molar-refractivity contribution in [3.8, 4) is 0 Å². The number of nitro benzene ring substituents is 1. The average Bonchev–Trinajstić information content (AvgIpc) is 2.30. The molecule has 1 aromatic rings. The molecule has 0 fully saturated rings. The number of nitrogens with zero attached hydrogens (tertiary/aromatic N) is 2. The summed E-state index contributed by atoms with van der Waals surface area (Å²) in [5.41, 5.74) is 9.11. The molecule has 1 aromatic carbocycles. The second kappa shape index (κ2) is 6.65. The summed E-state index contributed by atoms with van der Waals surface area (Å²) in [7, 11) is 0. The molecule has 6 nitrogen and oxygen atoms in total. The van der Waals surface area contributed by atoms with Crippen LogP contribution in [0.1, 0.15) is 24.5 Å². The Kier molecular flexibility index (Phi) is 5.19. The predicted octanol–water partition coefficient (Wildman–Crippen LogP) is 1.71. The van der Waals surface area contributed by atoms with Crippen molar-refractivity contribution in [3.05, 3.63) is 39.4 Å². The van der Waals surface area contributed by atoms with Gasteiger partial charge < -0.3 is 5.73 Å². The van der Waals surface area contributed by atoms with E-state index in [9.17, 15) is 10.1 Å². The highest BCUT2D eigenvalue weighted by Gasteiger charge is 2.15. The maximum Gasteiger partial charge on any atom is 0.273 e. The van der Waals surface area contributed by atoms with Crippen LogP contribution in [0, 0.1) is 10.1 Å². The van der Waals surface area contributed by atoms with E-state index in [1.807, 2.05) is 6.92 Å². The van der Waals surface area contributed by atoms with Crippen molar-refractivity contribution in [2.24, 2.45) is 10.8 Å². The Morgan fingerprint density at radius 2 is 2.39 bits per heavy atom. The van der Waals surface area contributed by atoms with Crippen molar-refractivity contribution in [2.45, 2.75) is 19.8 Å². The fourth-order valence-electron chi connectivity index (χ4n) is 1.57. The van der Waals surface area contributed by atoms with E-state index in [1.165, 1.54) is 12.3 Å². The molecule has 3 N–H and O–H groups in total. The number of hydrazone groups is 1. The van der Waals surface area contributed by atoms with Crippen LogP contribution in [0.3, 0.4) is 0 Å². The molecule has 0 aliphatic rings. The maximum absolute atomic E-state index is 10.9. The van der Waals surface area contributed by atoms with Crippen molar-refractivity contribution in [3.63, 3.8) is 0 Å². The van der Waals surface area contributed by atoms with Crippen LogP contribution in [0.5, 0.6) is 0 Å². The van der Waals surface area contributed by atoms with E-state index in [4.69, 9.17) is 5.73 Å². The number of hydrogen-bond donors (Lipinski definition) is 2. The summed E-state index contributed by atoms with van der Waals surface area (Å²) in [5, 5.41) is 14.8. The first-order valence-corrected chi connectivity index (χ1v) is 5.81. The van der Waals surface area contributed by atoms with Crippen LogP contribution >= 0.6 is 12.2 Å². The Bertz CT molecular complexity index is 488. The van der Waals surface area contributed by atoms with Crippen LogP contribution in [0.25, 0.3) is 0 Å². The molecular formula is C11H14N4O2S. The molecule has 0 radical (unpaired) electrons. The minimum atomic E-state index is -0.386. The van der Waals surface area contributed by atoms with Gasteiger partial charge in [-0.15, -0.1) is 0 Å². The summed E-state index contributed by atoms with van der Waals surface area (Å²) in [6, 6.07) is 4.88. The number of benzene rings is 1. The van der Waals surface area contributed by atoms with E-state index in [1.54, 1.807) is 12.1 Å². The van der Waals surface area contributed by atoms with Gasteiger partial charge in [-0.2, -0.15) is 5.10 Å². The van der Waals surface area contributed by atoms with Crippen molar-refractivity contribution >= 4 is 29.2 Å². The van der Waals surface area contributed by atoms with Gasteiger partial charge in [0, 0.05) is 17.2 Å². The van der Waals surface area contributed by atoms with Gasteiger partial charge in [0.25, 0.3) is 5.69 Å². The summed E-state index contributed by atoms with van der Waals surface area (Å²) in [4.78, 5) is 10.5. The number of thiocarbonyl (C=S) groups is 1. The van der Waals surface area contributed by atoms with Gasteiger partial charge in [0.2, 0.25) is 0 Å². The zero-order chi connectivity index (χ0) is 13.5. The molecule has 0 aliphatic heterocycles. The highest BCUT2D eigenvalue weighted by atomic mass is 32.1. The van der Waals surface area contributed by atoms with E-state index >= 15 is 0 Å². The van der Waals surface area contributed by atoms with Crippen molar-refractivity contribution < 1.29 is 4.92 Å². The lowest BCUT2D eigenvalue weighted by atomic mass is 10.0. The Labute approximate surface area is 110 Å². The second-order valence-corrected chi connectivity index (χ2v) is 4.03. The summed E-state index contributed by atoms with van der Waals surface area (Å²) in [5.74, 6) is 0. The second-order valence-electron chi connectivity index (χ2n) is 3.59. The van der Waals surface area contributed by atoms with Crippen LogP contribution in [0.4, 0.5) is 5.69 Å². The molecular weight excluding hydrogens is 252 g/mol. The Morgan fingerprint density at radius 1 is 1.67 bits per heavy atom. The van der Waals surface area contributed by atoms with Crippen molar-refractivity contribution in [1.29, 1.82) is 0 Å². The van der Waals surface area contributed by atoms with Gasteiger partial charge >= 0.3 is 0 Å². The zero-order valence-electron chi connectivity index (χ0n) is 9.92. The third-order valence-corrected chi connectivity index (χ3v) is 2.35. The molecule has 0 saturated heterocycles. The van der Waals surface area contributed by atoms with Crippen LogP contribution in [0.2, 0.25) is 0 Å².